The van der Waals surface area contributed by atoms with E-state index in [9.17, 15) is 4.79 Å². The first-order valence-electron chi connectivity index (χ1n) is 11.4. The molecule has 0 spiro atoms. The van der Waals surface area contributed by atoms with Crippen LogP contribution < -0.4 is 10.4 Å². The Balaban J connectivity index is 2.24. The number of hydrogen-bond acceptors (Lipinski definition) is 3. The van der Waals surface area contributed by atoms with Crippen molar-refractivity contribution in [1.82, 2.24) is 0 Å². The van der Waals surface area contributed by atoms with Gasteiger partial charge in [0.05, 0.1) is 13.0 Å². The summed E-state index contributed by atoms with van der Waals surface area (Å²) in [4.78, 5) is 11.8. The van der Waals surface area contributed by atoms with Crippen molar-refractivity contribution in [2.45, 2.75) is 59.4 Å². The van der Waals surface area contributed by atoms with Crippen molar-refractivity contribution < 1.29 is 14.0 Å². The summed E-state index contributed by atoms with van der Waals surface area (Å²) in [5, 5.41) is 2.61. The van der Waals surface area contributed by atoms with Crippen LogP contribution in [0, 0.1) is 17.8 Å². The van der Waals surface area contributed by atoms with Gasteiger partial charge in [-0.2, -0.15) is 0 Å². The van der Waals surface area contributed by atoms with Crippen molar-refractivity contribution in [1.29, 1.82) is 0 Å². The van der Waals surface area contributed by atoms with Crippen LogP contribution in [0.3, 0.4) is 0 Å². The lowest BCUT2D eigenvalue weighted by Crippen LogP contribution is -2.66. The van der Waals surface area contributed by atoms with Crippen LogP contribution in [0.25, 0.3) is 0 Å². The Bertz CT molecular complexity index is 759. The minimum Gasteiger partial charge on any atom is -0.469 e. The molecule has 2 aromatic carbocycles. The van der Waals surface area contributed by atoms with Gasteiger partial charge in [-0.3, -0.25) is 4.79 Å². The molecule has 2 aromatic rings. The first-order chi connectivity index (χ1) is 14.6. The summed E-state index contributed by atoms with van der Waals surface area (Å²) in [5.74, 6) is 0.654. The average Bonchev–Trinajstić information content (AvgIpc) is 2.74. The molecule has 2 rings (SSSR count). The average molecular weight is 441 g/mol. The smallest absolute Gasteiger partial charge is 0.308 e. The highest BCUT2D eigenvalue weighted by Gasteiger charge is 2.50. The van der Waals surface area contributed by atoms with E-state index < -0.39 is 8.32 Å². The number of rotatable bonds is 10. The topological polar surface area (TPSA) is 35.5 Å². The van der Waals surface area contributed by atoms with Gasteiger partial charge < -0.3 is 9.16 Å². The molecule has 0 aromatic heterocycles. The molecule has 4 heteroatoms. The van der Waals surface area contributed by atoms with Crippen molar-refractivity contribution >= 4 is 24.7 Å². The highest BCUT2D eigenvalue weighted by atomic mass is 28.4. The predicted molar refractivity (Wildman–Crippen MR) is 132 cm³/mol. The molecule has 0 N–H and O–H groups in total. The van der Waals surface area contributed by atoms with Gasteiger partial charge in [-0.15, -0.1) is 0 Å². The summed E-state index contributed by atoms with van der Waals surface area (Å²) in [7, 11) is -1.03. The number of esters is 1. The third kappa shape index (κ3) is 6.30. The monoisotopic (exact) mass is 440 g/mol. The summed E-state index contributed by atoms with van der Waals surface area (Å²) in [5.41, 5.74) is 0. The van der Waals surface area contributed by atoms with E-state index in [1.165, 1.54) is 17.5 Å². The van der Waals surface area contributed by atoms with Gasteiger partial charge in [-0.05, 0) is 40.1 Å². The van der Waals surface area contributed by atoms with Crippen LogP contribution in [0.15, 0.2) is 60.7 Å². The van der Waals surface area contributed by atoms with Crippen molar-refractivity contribution in [3.8, 4) is 0 Å². The number of carbonyl (C=O) groups excluding carboxylic acids is 1. The van der Waals surface area contributed by atoms with Gasteiger partial charge in [0.25, 0.3) is 8.32 Å². The van der Waals surface area contributed by atoms with Crippen LogP contribution in [0.2, 0.25) is 5.04 Å². The molecular weight excluding hydrogens is 400 g/mol. The zero-order chi connectivity index (χ0) is 23.1. The fraction of sp³-hybridized carbons (Fsp3) is 0.519. The lowest BCUT2D eigenvalue weighted by Gasteiger charge is -2.43. The van der Waals surface area contributed by atoms with E-state index in [0.717, 1.165) is 12.8 Å². The van der Waals surface area contributed by atoms with E-state index in [1.54, 1.807) is 0 Å². The van der Waals surface area contributed by atoms with Gasteiger partial charge in [0.1, 0.15) is 0 Å². The number of ether oxygens (including phenoxy) is 1. The molecule has 0 heterocycles. The third-order valence-corrected chi connectivity index (χ3v) is 11.2. The van der Waals surface area contributed by atoms with E-state index >= 15 is 0 Å². The minimum absolute atomic E-state index is 0.0135. The number of benzene rings is 2. The van der Waals surface area contributed by atoms with E-state index in [4.69, 9.17) is 9.16 Å². The summed E-state index contributed by atoms with van der Waals surface area (Å²) in [6, 6.07) is 21.6. The standard InChI is InChI=1S/C27H40O3Si/c1-21(19-23(3)26(28)29-7)18-22(2)20-30-31(27(4,5)6,24-14-10-8-11-15-24)25-16-12-9-13-17-25/h8-17,21-23H,18-20H2,1-7H3/t21-,22-,23+/m1/s1. The maximum Gasteiger partial charge on any atom is 0.308 e. The van der Waals surface area contributed by atoms with Crippen LogP contribution >= 0.6 is 0 Å². The maximum atomic E-state index is 11.8. The summed E-state index contributed by atoms with van der Waals surface area (Å²) < 4.78 is 11.9. The fourth-order valence-corrected chi connectivity index (χ4v) is 9.47. The van der Waals surface area contributed by atoms with Crippen molar-refractivity contribution in [3.63, 3.8) is 0 Å². The summed E-state index contributed by atoms with van der Waals surface area (Å²) in [6.45, 7) is 14.1. The van der Waals surface area contributed by atoms with Crippen molar-refractivity contribution in [3.05, 3.63) is 60.7 Å². The predicted octanol–water partition coefficient (Wildman–Crippen LogP) is 5.42. The molecule has 0 bridgehead atoms. The molecule has 31 heavy (non-hydrogen) atoms. The Labute approximate surface area is 190 Å². The first-order valence-corrected chi connectivity index (χ1v) is 13.4. The van der Waals surface area contributed by atoms with Crippen LogP contribution in [-0.4, -0.2) is 28.0 Å². The Morgan fingerprint density at radius 3 is 1.74 bits per heavy atom. The van der Waals surface area contributed by atoms with Crippen molar-refractivity contribution in [2.75, 3.05) is 13.7 Å². The summed E-state index contributed by atoms with van der Waals surface area (Å²) in [6.07, 6.45) is 1.87. The molecule has 170 valence electrons. The quantitative estimate of drug-likeness (QED) is 0.365. The molecule has 3 nitrogen and oxygen atoms in total. The number of hydrogen-bond donors (Lipinski definition) is 0. The molecule has 0 saturated heterocycles. The fourth-order valence-electron chi connectivity index (χ4n) is 4.78. The Morgan fingerprint density at radius 2 is 1.32 bits per heavy atom. The molecule has 0 saturated carbocycles. The normalized spacial score (nSPS) is 15.2. The van der Waals surface area contributed by atoms with Gasteiger partial charge in [-0.25, -0.2) is 0 Å². The van der Waals surface area contributed by atoms with Crippen molar-refractivity contribution in [2.24, 2.45) is 17.8 Å². The van der Waals surface area contributed by atoms with Gasteiger partial charge in [0, 0.05) is 6.61 Å². The molecule has 0 unspecified atom stereocenters. The van der Waals surface area contributed by atoms with Gasteiger partial charge in [0.2, 0.25) is 0 Å². The molecule has 0 radical (unpaired) electrons. The largest absolute Gasteiger partial charge is 0.469 e. The van der Waals surface area contributed by atoms with Crippen LogP contribution in [0.1, 0.15) is 54.4 Å². The Morgan fingerprint density at radius 1 is 0.839 bits per heavy atom. The minimum atomic E-state index is -2.49. The molecule has 0 aliphatic heterocycles. The van der Waals surface area contributed by atoms with Crippen LogP contribution in [0.4, 0.5) is 0 Å². The molecule has 3 atom stereocenters. The van der Waals surface area contributed by atoms with Gasteiger partial charge in [0.15, 0.2) is 0 Å². The number of carbonyl (C=O) groups is 1. The highest BCUT2D eigenvalue weighted by molar-refractivity contribution is 6.99. The third-order valence-electron chi connectivity index (χ3n) is 6.17. The zero-order valence-electron chi connectivity index (χ0n) is 20.4. The SMILES string of the molecule is COC(=O)[C@@H](C)C[C@H](C)C[C@@H](C)CO[Si](c1ccccc1)(c1ccccc1)C(C)(C)C. The molecular formula is C27H40O3Si. The highest BCUT2D eigenvalue weighted by Crippen LogP contribution is 2.37. The summed E-state index contributed by atoms with van der Waals surface area (Å²) >= 11 is 0. The van der Waals surface area contributed by atoms with Crippen LogP contribution in [0.5, 0.6) is 0 Å². The van der Waals surface area contributed by atoms with E-state index in [0.29, 0.717) is 18.4 Å². The van der Waals surface area contributed by atoms with Crippen LogP contribution in [-0.2, 0) is 14.0 Å². The molecule has 0 aliphatic rings. The van der Waals surface area contributed by atoms with Gasteiger partial charge in [-0.1, -0.05) is 102 Å². The van der Waals surface area contributed by atoms with Gasteiger partial charge >= 0.3 is 5.97 Å². The molecule has 0 amide bonds. The lowest BCUT2D eigenvalue weighted by atomic mass is 9.90. The lowest BCUT2D eigenvalue weighted by molar-refractivity contribution is -0.145. The first kappa shape index (κ1) is 25.3. The number of methoxy groups -OCH3 is 1. The molecule has 0 aliphatic carbocycles. The Kier molecular flexibility index (Phi) is 9.08. The molecule has 0 fully saturated rings. The Hall–Kier alpha value is -1.91. The second-order valence-corrected chi connectivity index (χ2v) is 14.4. The van der Waals surface area contributed by atoms with E-state index in [-0.39, 0.29) is 16.9 Å². The second kappa shape index (κ2) is 11.1. The zero-order valence-corrected chi connectivity index (χ0v) is 21.4. The maximum absolute atomic E-state index is 11.8. The second-order valence-electron chi connectivity index (χ2n) is 10.1. The van der Waals surface area contributed by atoms with E-state index in [2.05, 4.69) is 95.3 Å². The van der Waals surface area contributed by atoms with E-state index in [1.807, 2.05) is 6.92 Å².